The van der Waals surface area contributed by atoms with Crippen molar-refractivity contribution in [3.8, 4) is 0 Å². The Bertz CT molecular complexity index is 614. The number of amides is 2. The van der Waals surface area contributed by atoms with E-state index < -0.39 is 28.6 Å². The molecule has 0 N–H and O–H groups in total. The summed E-state index contributed by atoms with van der Waals surface area (Å²) in [5.41, 5.74) is -0.977. The number of rotatable bonds is 0. The largest absolute Gasteiger partial charge is 0.443 e. The predicted octanol–water partition coefficient (Wildman–Crippen LogP) is 3.42. The van der Waals surface area contributed by atoms with Gasteiger partial charge in [0.15, 0.2) is 11.0 Å². The normalized spacial score (nSPS) is 14.5. The van der Waals surface area contributed by atoms with Crippen LogP contribution in [0.15, 0.2) is 0 Å². The highest BCUT2D eigenvalue weighted by Crippen LogP contribution is 2.33. The molecule has 8 heteroatoms. The van der Waals surface area contributed by atoms with Gasteiger partial charge in [-0.15, -0.1) is 0 Å². The summed E-state index contributed by atoms with van der Waals surface area (Å²) in [5, 5.41) is -0.671. The molecule has 5 nitrogen and oxygen atoms in total. The quantitative estimate of drug-likeness (QED) is 0.687. The van der Waals surface area contributed by atoms with Gasteiger partial charge in [-0.1, -0.05) is 23.2 Å². The SMILES string of the molecule is CC(C)(C)OC(=O)N1Cc2c(F)c(Cl)nc(Cl)c2C1=O. The van der Waals surface area contributed by atoms with Crippen LogP contribution < -0.4 is 0 Å². The molecule has 20 heavy (non-hydrogen) atoms. The number of carbonyl (C=O) groups is 2. The minimum absolute atomic E-state index is 0.0501. The van der Waals surface area contributed by atoms with Crippen molar-refractivity contribution in [2.24, 2.45) is 0 Å². The summed E-state index contributed by atoms with van der Waals surface area (Å²) in [6.07, 6.45) is -0.870. The van der Waals surface area contributed by atoms with Gasteiger partial charge in [-0.2, -0.15) is 0 Å². The van der Waals surface area contributed by atoms with Crippen LogP contribution in [-0.4, -0.2) is 27.5 Å². The zero-order chi connectivity index (χ0) is 15.2. The van der Waals surface area contributed by atoms with Crippen molar-refractivity contribution >= 4 is 35.2 Å². The van der Waals surface area contributed by atoms with Crippen LogP contribution in [0.1, 0.15) is 36.7 Å². The summed E-state index contributed by atoms with van der Waals surface area (Å²) < 4.78 is 18.9. The lowest BCUT2D eigenvalue weighted by atomic mass is 10.2. The Morgan fingerprint density at radius 3 is 2.50 bits per heavy atom. The number of pyridine rings is 1. The van der Waals surface area contributed by atoms with Gasteiger partial charge >= 0.3 is 6.09 Å². The van der Waals surface area contributed by atoms with Crippen molar-refractivity contribution in [1.82, 2.24) is 9.88 Å². The van der Waals surface area contributed by atoms with E-state index in [-0.39, 0.29) is 22.8 Å². The summed E-state index contributed by atoms with van der Waals surface area (Å²) in [6, 6.07) is 0. The zero-order valence-corrected chi connectivity index (χ0v) is 12.5. The van der Waals surface area contributed by atoms with Crippen molar-refractivity contribution in [1.29, 1.82) is 0 Å². The van der Waals surface area contributed by atoms with Gasteiger partial charge in [-0.25, -0.2) is 19.1 Å². The van der Waals surface area contributed by atoms with Crippen LogP contribution in [0.5, 0.6) is 0 Å². The molecule has 0 saturated carbocycles. The Kier molecular flexibility index (Phi) is 3.64. The maximum Gasteiger partial charge on any atom is 0.417 e. The number of imide groups is 1. The number of ether oxygens (including phenoxy) is 1. The van der Waals surface area contributed by atoms with E-state index in [1.54, 1.807) is 20.8 Å². The molecule has 0 aromatic carbocycles. The molecule has 0 atom stereocenters. The maximum absolute atomic E-state index is 13.8. The van der Waals surface area contributed by atoms with Gasteiger partial charge in [-0.3, -0.25) is 4.79 Å². The predicted molar refractivity (Wildman–Crippen MR) is 70.3 cm³/mol. The van der Waals surface area contributed by atoms with Gasteiger partial charge in [0.05, 0.1) is 12.1 Å². The molecule has 108 valence electrons. The second-order valence-corrected chi connectivity index (χ2v) is 5.95. The molecule has 1 aromatic heterocycles. The third-order valence-corrected chi connectivity index (χ3v) is 3.06. The Morgan fingerprint density at radius 2 is 1.95 bits per heavy atom. The number of carbonyl (C=O) groups excluding carboxylic acids is 2. The summed E-state index contributed by atoms with van der Waals surface area (Å²) in [5.74, 6) is -1.60. The molecular weight excluding hydrogens is 310 g/mol. The molecule has 0 unspecified atom stereocenters. The van der Waals surface area contributed by atoms with Crippen molar-refractivity contribution in [3.05, 3.63) is 27.3 Å². The Morgan fingerprint density at radius 1 is 1.35 bits per heavy atom. The minimum Gasteiger partial charge on any atom is -0.443 e. The fraction of sp³-hybridized carbons (Fsp3) is 0.417. The fourth-order valence-corrected chi connectivity index (χ4v) is 2.27. The monoisotopic (exact) mass is 320 g/mol. The first-order valence-corrected chi connectivity index (χ1v) is 6.45. The zero-order valence-electron chi connectivity index (χ0n) is 11.0. The number of fused-ring (bicyclic) bond motifs is 1. The van der Waals surface area contributed by atoms with Crippen LogP contribution >= 0.6 is 23.2 Å². The number of nitrogens with zero attached hydrogens (tertiary/aromatic N) is 2. The van der Waals surface area contributed by atoms with Gasteiger partial charge in [0, 0.05) is 5.56 Å². The summed E-state index contributed by atoms with van der Waals surface area (Å²) >= 11 is 11.3. The van der Waals surface area contributed by atoms with E-state index in [4.69, 9.17) is 27.9 Å². The lowest BCUT2D eigenvalue weighted by Gasteiger charge is -2.23. The minimum atomic E-state index is -0.870. The van der Waals surface area contributed by atoms with E-state index in [9.17, 15) is 14.0 Å². The lowest BCUT2D eigenvalue weighted by molar-refractivity contribution is 0.0247. The summed E-state index contributed by atoms with van der Waals surface area (Å²) in [6.45, 7) is 4.69. The van der Waals surface area contributed by atoms with Crippen molar-refractivity contribution in [2.75, 3.05) is 0 Å². The molecule has 1 aliphatic heterocycles. The van der Waals surface area contributed by atoms with Gasteiger partial charge < -0.3 is 4.74 Å². The topological polar surface area (TPSA) is 59.5 Å². The highest BCUT2D eigenvalue weighted by Gasteiger charge is 2.39. The molecule has 0 saturated heterocycles. The maximum atomic E-state index is 13.8. The molecular formula is C12H11Cl2FN2O3. The van der Waals surface area contributed by atoms with E-state index in [1.165, 1.54) is 0 Å². The van der Waals surface area contributed by atoms with E-state index in [0.717, 1.165) is 4.90 Å². The number of halogens is 3. The average molecular weight is 321 g/mol. The Hall–Kier alpha value is -1.40. The standard InChI is InChI=1S/C12H11Cl2FN2O3/c1-12(2,3)20-11(19)17-4-5-6(10(17)18)8(13)16-9(14)7(5)15/h4H2,1-3H3. The van der Waals surface area contributed by atoms with E-state index in [2.05, 4.69) is 4.98 Å². The highest BCUT2D eigenvalue weighted by atomic mass is 35.5. The van der Waals surface area contributed by atoms with Crippen molar-refractivity contribution in [3.63, 3.8) is 0 Å². The molecule has 1 aromatic rings. The third-order valence-electron chi connectivity index (χ3n) is 2.54. The molecule has 0 aliphatic carbocycles. The number of hydrogen-bond acceptors (Lipinski definition) is 4. The second kappa shape index (κ2) is 4.86. The van der Waals surface area contributed by atoms with Crippen LogP contribution in [0.25, 0.3) is 0 Å². The van der Waals surface area contributed by atoms with Crippen LogP contribution in [0.2, 0.25) is 10.3 Å². The van der Waals surface area contributed by atoms with Crippen molar-refractivity contribution < 1.29 is 18.7 Å². The average Bonchev–Trinajstić information content (AvgIpc) is 2.62. The Labute approximate surface area is 124 Å². The summed E-state index contributed by atoms with van der Waals surface area (Å²) in [7, 11) is 0. The van der Waals surface area contributed by atoms with Gasteiger partial charge in [0.2, 0.25) is 0 Å². The first-order chi connectivity index (χ1) is 9.11. The van der Waals surface area contributed by atoms with E-state index in [0.29, 0.717) is 0 Å². The van der Waals surface area contributed by atoms with Gasteiger partial charge in [-0.05, 0) is 20.8 Å². The van der Waals surface area contributed by atoms with Gasteiger partial charge in [0.25, 0.3) is 5.91 Å². The summed E-state index contributed by atoms with van der Waals surface area (Å²) in [4.78, 5) is 28.3. The van der Waals surface area contributed by atoms with Crippen LogP contribution in [-0.2, 0) is 11.3 Å². The molecule has 2 heterocycles. The molecule has 0 radical (unpaired) electrons. The van der Waals surface area contributed by atoms with E-state index in [1.807, 2.05) is 0 Å². The molecule has 1 aliphatic rings. The van der Waals surface area contributed by atoms with Crippen LogP contribution in [0.3, 0.4) is 0 Å². The van der Waals surface area contributed by atoms with Crippen LogP contribution in [0.4, 0.5) is 9.18 Å². The second-order valence-electron chi connectivity index (χ2n) is 5.23. The molecule has 0 bridgehead atoms. The number of aromatic nitrogens is 1. The molecule has 0 fully saturated rings. The van der Waals surface area contributed by atoms with Crippen LogP contribution in [0, 0.1) is 5.82 Å². The van der Waals surface area contributed by atoms with Gasteiger partial charge in [0.1, 0.15) is 10.8 Å². The highest BCUT2D eigenvalue weighted by molar-refractivity contribution is 6.35. The lowest BCUT2D eigenvalue weighted by Crippen LogP contribution is -2.37. The van der Waals surface area contributed by atoms with Crippen molar-refractivity contribution in [2.45, 2.75) is 32.9 Å². The first kappa shape index (κ1) is 15.0. The first-order valence-electron chi connectivity index (χ1n) is 5.70. The van der Waals surface area contributed by atoms with E-state index >= 15 is 0 Å². The molecule has 2 rings (SSSR count). The molecule has 2 amide bonds. The third kappa shape index (κ3) is 2.58. The number of hydrogen-bond donors (Lipinski definition) is 0. The molecule has 0 spiro atoms. The fourth-order valence-electron chi connectivity index (χ4n) is 1.75. The smallest absolute Gasteiger partial charge is 0.417 e. The Balaban J connectivity index is 2.37.